The molecule has 1 rings (SSSR count). The van der Waals surface area contributed by atoms with Crippen molar-refractivity contribution >= 4 is 11.6 Å². The molecule has 0 heterocycles. The van der Waals surface area contributed by atoms with Crippen LogP contribution in [0.1, 0.15) is 12.5 Å². The molecule has 1 amide bonds. The van der Waals surface area contributed by atoms with E-state index in [-0.39, 0.29) is 12.5 Å². The van der Waals surface area contributed by atoms with E-state index in [0.29, 0.717) is 12.1 Å². The molecule has 3 heteroatoms. The summed E-state index contributed by atoms with van der Waals surface area (Å²) < 4.78 is 0. The summed E-state index contributed by atoms with van der Waals surface area (Å²) in [6.07, 6.45) is 0.628. The average molecular weight is 203 g/mol. The zero-order chi connectivity index (χ0) is 11.1. The lowest BCUT2D eigenvalue weighted by atomic mass is 10.1. The fourth-order valence-electron chi connectivity index (χ4n) is 1.16. The number of benzene rings is 1. The minimum atomic E-state index is -0.313. The van der Waals surface area contributed by atoms with Crippen molar-refractivity contribution in [2.24, 2.45) is 0 Å². The van der Waals surface area contributed by atoms with Crippen molar-refractivity contribution in [2.75, 3.05) is 11.9 Å². The third-order valence-electron chi connectivity index (χ3n) is 1.85. The second kappa shape index (κ2) is 5.84. The largest absolute Gasteiger partial charge is 0.396 e. The maximum absolute atomic E-state index is 11.1. The van der Waals surface area contributed by atoms with Gasteiger partial charge in [-0.3, -0.25) is 4.79 Å². The molecule has 0 unspecified atom stereocenters. The first kappa shape index (κ1) is 11.3. The SMILES string of the molecule is CC#CC(=O)Nc1ccc(CCO)cc1. The van der Waals surface area contributed by atoms with E-state index in [1.165, 1.54) is 0 Å². The maximum Gasteiger partial charge on any atom is 0.300 e. The molecule has 0 saturated carbocycles. The molecule has 0 saturated heterocycles. The number of rotatable bonds is 3. The summed E-state index contributed by atoms with van der Waals surface area (Å²) >= 11 is 0. The third kappa shape index (κ3) is 3.84. The lowest BCUT2D eigenvalue weighted by Crippen LogP contribution is -2.08. The van der Waals surface area contributed by atoms with Gasteiger partial charge in [0.2, 0.25) is 0 Å². The van der Waals surface area contributed by atoms with Crippen molar-refractivity contribution in [1.82, 2.24) is 0 Å². The lowest BCUT2D eigenvalue weighted by molar-refractivity contribution is -0.111. The van der Waals surface area contributed by atoms with Gasteiger partial charge in [0.05, 0.1) is 0 Å². The number of carbonyl (C=O) groups is 1. The highest BCUT2D eigenvalue weighted by Gasteiger charge is 1.97. The van der Waals surface area contributed by atoms with Crippen molar-refractivity contribution in [2.45, 2.75) is 13.3 Å². The number of amides is 1. The monoisotopic (exact) mass is 203 g/mol. The van der Waals surface area contributed by atoms with E-state index in [1.807, 2.05) is 12.1 Å². The number of aliphatic hydroxyl groups excluding tert-OH is 1. The summed E-state index contributed by atoms with van der Waals surface area (Å²) in [5.41, 5.74) is 1.75. The molecule has 15 heavy (non-hydrogen) atoms. The topological polar surface area (TPSA) is 49.3 Å². The van der Waals surface area contributed by atoms with Crippen molar-refractivity contribution in [1.29, 1.82) is 0 Å². The quantitative estimate of drug-likeness (QED) is 0.725. The number of hydrogen-bond acceptors (Lipinski definition) is 2. The molecule has 0 aliphatic carbocycles. The van der Waals surface area contributed by atoms with Crippen LogP contribution in [0.5, 0.6) is 0 Å². The highest BCUT2D eigenvalue weighted by atomic mass is 16.2. The van der Waals surface area contributed by atoms with E-state index in [9.17, 15) is 4.79 Å². The van der Waals surface area contributed by atoms with Crippen molar-refractivity contribution < 1.29 is 9.90 Å². The van der Waals surface area contributed by atoms with Crippen molar-refractivity contribution in [3.8, 4) is 11.8 Å². The summed E-state index contributed by atoms with van der Waals surface area (Å²) in [5, 5.41) is 11.4. The fourth-order valence-corrected chi connectivity index (χ4v) is 1.16. The van der Waals surface area contributed by atoms with E-state index in [4.69, 9.17) is 5.11 Å². The predicted octanol–water partition coefficient (Wildman–Crippen LogP) is 1.18. The Hall–Kier alpha value is -1.79. The molecule has 3 nitrogen and oxygen atoms in total. The van der Waals surface area contributed by atoms with Crippen molar-refractivity contribution in [3.63, 3.8) is 0 Å². The van der Waals surface area contributed by atoms with Crippen LogP contribution in [0.15, 0.2) is 24.3 Å². The van der Waals surface area contributed by atoms with Gasteiger partial charge >= 0.3 is 0 Å². The number of anilines is 1. The van der Waals surface area contributed by atoms with Crippen LogP contribution in [0, 0.1) is 11.8 Å². The average Bonchev–Trinajstić information content (AvgIpc) is 2.22. The number of aliphatic hydroxyl groups is 1. The van der Waals surface area contributed by atoms with Crippen LogP contribution in [-0.2, 0) is 11.2 Å². The molecule has 2 N–H and O–H groups in total. The van der Waals surface area contributed by atoms with Gasteiger partial charge in [0.1, 0.15) is 0 Å². The Labute approximate surface area is 89.1 Å². The smallest absolute Gasteiger partial charge is 0.300 e. The Morgan fingerprint density at radius 3 is 2.60 bits per heavy atom. The Bertz CT molecular complexity index is 384. The molecule has 0 aromatic heterocycles. The van der Waals surface area contributed by atoms with Gasteiger partial charge in [0.15, 0.2) is 0 Å². The van der Waals surface area contributed by atoms with Crippen LogP contribution in [0.2, 0.25) is 0 Å². The molecular weight excluding hydrogens is 190 g/mol. The first-order valence-corrected chi connectivity index (χ1v) is 4.70. The molecule has 1 aromatic rings. The minimum absolute atomic E-state index is 0.132. The Morgan fingerprint density at radius 1 is 1.40 bits per heavy atom. The van der Waals surface area contributed by atoms with E-state index in [1.54, 1.807) is 19.1 Å². The first-order valence-electron chi connectivity index (χ1n) is 4.70. The number of carbonyl (C=O) groups excluding carboxylic acids is 1. The van der Waals surface area contributed by atoms with Crippen LogP contribution >= 0.6 is 0 Å². The second-order valence-corrected chi connectivity index (χ2v) is 3.00. The molecule has 0 aliphatic rings. The highest BCUT2D eigenvalue weighted by molar-refractivity contribution is 6.03. The van der Waals surface area contributed by atoms with E-state index >= 15 is 0 Å². The number of hydrogen-bond donors (Lipinski definition) is 2. The van der Waals surface area contributed by atoms with E-state index in [2.05, 4.69) is 17.2 Å². The van der Waals surface area contributed by atoms with Gasteiger partial charge in [-0.05, 0) is 37.0 Å². The molecule has 0 atom stereocenters. The molecule has 78 valence electrons. The predicted molar refractivity (Wildman–Crippen MR) is 59.3 cm³/mol. The standard InChI is InChI=1S/C12H13NO2/c1-2-3-12(15)13-11-6-4-10(5-7-11)8-9-14/h4-7,14H,8-9H2,1H3,(H,13,15). The van der Waals surface area contributed by atoms with Crippen LogP contribution in [0.4, 0.5) is 5.69 Å². The third-order valence-corrected chi connectivity index (χ3v) is 1.85. The normalized spacial score (nSPS) is 8.93. The summed E-state index contributed by atoms with van der Waals surface area (Å²) in [6, 6.07) is 7.32. The fraction of sp³-hybridized carbons (Fsp3) is 0.250. The Balaban J connectivity index is 2.62. The molecule has 0 radical (unpaired) electrons. The van der Waals surface area contributed by atoms with E-state index < -0.39 is 0 Å². The molecule has 0 bridgehead atoms. The Morgan fingerprint density at radius 2 is 2.07 bits per heavy atom. The van der Waals surface area contributed by atoms with Gasteiger partial charge < -0.3 is 10.4 Å². The zero-order valence-corrected chi connectivity index (χ0v) is 8.58. The summed E-state index contributed by atoms with van der Waals surface area (Å²) in [6.45, 7) is 1.75. The maximum atomic E-state index is 11.1. The molecule has 1 aromatic carbocycles. The first-order chi connectivity index (χ1) is 7.26. The minimum Gasteiger partial charge on any atom is -0.396 e. The highest BCUT2D eigenvalue weighted by Crippen LogP contribution is 2.09. The van der Waals surface area contributed by atoms with Gasteiger partial charge in [0, 0.05) is 12.3 Å². The van der Waals surface area contributed by atoms with E-state index in [0.717, 1.165) is 5.56 Å². The second-order valence-electron chi connectivity index (χ2n) is 3.00. The van der Waals surface area contributed by atoms with Crippen LogP contribution in [-0.4, -0.2) is 17.6 Å². The van der Waals surface area contributed by atoms with Crippen molar-refractivity contribution in [3.05, 3.63) is 29.8 Å². The molecule has 0 fully saturated rings. The Kier molecular flexibility index (Phi) is 4.39. The summed E-state index contributed by atoms with van der Waals surface area (Å²) in [5.74, 6) is 4.61. The van der Waals surface area contributed by atoms with Gasteiger partial charge in [-0.2, -0.15) is 0 Å². The van der Waals surface area contributed by atoms with Gasteiger partial charge in [0.25, 0.3) is 5.91 Å². The van der Waals surface area contributed by atoms with Gasteiger partial charge in [-0.15, -0.1) is 0 Å². The summed E-state index contributed by atoms with van der Waals surface area (Å²) in [7, 11) is 0. The van der Waals surface area contributed by atoms with Crippen LogP contribution in [0.25, 0.3) is 0 Å². The molecular formula is C12H13NO2. The molecule has 0 spiro atoms. The van der Waals surface area contributed by atoms with Gasteiger partial charge in [-0.25, -0.2) is 0 Å². The van der Waals surface area contributed by atoms with Gasteiger partial charge in [-0.1, -0.05) is 18.1 Å². The van der Waals surface area contributed by atoms with Crippen LogP contribution in [0.3, 0.4) is 0 Å². The lowest BCUT2D eigenvalue weighted by Gasteiger charge is -2.02. The summed E-state index contributed by atoms with van der Waals surface area (Å²) in [4.78, 5) is 11.1. The van der Waals surface area contributed by atoms with Crippen LogP contribution < -0.4 is 5.32 Å². The molecule has 0 aliphatic heterocycles. The zero-order valence-electron chi connectivity index (χ0n) is 8.58. The number of nitrogens with one attached hydrogen (secondary N) is 1.